The van der Waals surface area contributed by atoms with Crippen molar-refractivity contribution in [2.45, 2.75) is 58.1 Å². The van der Waals surface area contributed by atoms with Crippen LogP contribution in [0, 0.1) is 0 Å². The molecule has 0 amide bonds. The van der Waals surface area contributed by atoms with Gasteiger partial charge in [-0.15, -0.1) is 0 Å². The summed E-state index contributed by atoms with van der Waals surface area (Å²) in [7, 11) is -4.27. The van der Waals surface area contributed by atoms with E-state index in [1.807, 2.05) is 0 Å². The van der Waals surface area contributed by atoms with Gasteiger partial charge in [-0.25, -0.2) is 0 Å². The average Bonchev–Trinajstić information content (AvgIpc) is 2.42. The Morgan fingerprint density at radius 1 is 0.280 bits per heavy atom. The normalized spacial score (nSPS) is 16.1. The molecule has 0 unspecified atom stereocenters. The molecule has 12 aromatic carbocycles. The van der Waals surface area contributed by atoms with Crippen molar-refractivity contribution in [1.29, 1.82) is 0 Å². The molecule has 388 valence electrons. The van der Waals surface area contributed by atoms with Crippen molar-refractivity contribution >= 4 is 52.7 Å². The highest BCUT2D eigenvalue weighted by atomic mass is 32.3. The molecular formula is C78H54N2OS. The summed E-state index contributed by atoms with van der Waals surface area (Å²) in [4.78, 5) is 3.49. The number of nitrogens with zero attached hydrogens (tertiary/aromatic N) is 2. The summed E-state index contributed by atoms with van der Waals surface area (Å²) in [6.45, 7) is 9.44. The summed E-state index contributed by atoms with van der Waals surface area (Å²) in [5.41, 5.74) is 25.7. The van der Waals surface area contributed by atoms with Gasteiger partial charge in [-0.1, -0.05) is 198 Å². The third kappa shape index (κ3) is 5.49. The van der Waals surface area contributed by atoms with Crippen LogP contribution in [0.15, 0.2) is 274 Å². The molecule has 18 rings (SSSR count). The van der Waals surface area contributed by atoms with E-state index in [9.17, 15) is 0 Å². The van der Waals surface area contributed by atoms with Gasteiger partial charge >= 0.3 is 0 Å². The van der Waals surface area contributed by atoms with E-state index in [2.05, 4.69) is 292 Å². The molecule has 2 aliphatic carbocycles. The van der Waals surface area contributed by atoms with Crippen LogP contribution in [0.4, 0.5) is 0 Å². The van der Waals surface area contributed by atoms with E-state index in [0.29, 0.717) is 0 Å². The van der Waals surface area contributed by atoms with Crippen LogP contribution < -0.4 is 0 Å². The van der Waals surface area contributed by atoms with E-state index in [1.165, 1.54) is 88.1 Å². The van der Waals surface area contributed by atoms with Crippen LogP contribution in [0.2, 0.25) is 0 Å². The maximum Gasteiger partial charge on any atom is 0.0544 e. The smallest absolute Gasteiger partial charge is 0.0544 e. The lowest BCUT2D eigenvalue weighted by molar-refractivity contribution is 0.658. The maximum atomic E-state index is 18.4. The first kappa shape index (κ1) is 46.2. The Labute approximate surface area is 476 Å². The number of aromatic nitrogens is 2. The maximum absolute atomic E-state index is 18.4. The quantitative estimate of drug-likeness (QED) is 0.173. The highest BCUT2D eigenvalue weighted by Crippen LogP contribution is 2.72. The van der Waals surface area contributed by atoms with Crippen LogP contribution in [0.1, 0.15) is 49.9 Å². The van der Waals surface area contributed by atoms with Crippen molar-refractivity contribution in [1.82, 2.24) is 9.13 Å². The molecule has 4 aliphatic rings. The lowest BCUT2D eigenvalue weighted by Gasteiger charge is -2.39. The van der Waals surface area contributed by atoms with Crippen LogP contribution >= 0.6 is 0 Å². The summed E-state index contributed by atoms with van der Waals surface area (Å²) < 4.78 is 23.3. The van der Waals surface area contributed by atoms with Crippen LogP contribution in [0.3, 0.4) is 0 Å². The first-order chi connectivity index (χ1) is 40.0. The van der Waals surface area contributed by atoms with Gasteiger partial charge in [0.2, 0.25) is 0 Å². The lowest BCUT2D eigenvalue weighted by atomic mass is 9.82. The minimum atomic E-state index is -4.27. The summed E-state index contributed by atoms with van der Waals surface area (Å²) in [5, 5.41) is 4.96. The Bertz CT molecular complexity index is 4980. The highest BCUT2D eigenvalue weighted by molar-refractivity contribution is 8.21. The highest BCUT2D eigenvalue weighted by Gasteiger charge is 2.58. The fourth-order valence-electron chi connectivity index (χ4n) is 16.0. The van der Waals surface area contributed by atoms with Gasteiger partial charge in [0.05, 0.1) is 22.1 Å². The number of hydrogen-bond acceptors (Lipinski definition) is 1. The van der Waals surface area contributed by atoms with E-state index >= 15 is 4.21 Å². The fraction of sp³-hybridized carbons (Fsp3) is 0.0769. The molecule has 0 bridgehead atoms. The predicted molar refractivity (Wildman–Crippen MR) is 340 cm³/mol. The molecule has 0 N–H and O–H groups in total. The molecule has 14 aromatic rings. The van der Waals surface area contributed by atoms with E-state index in [0.717, 1.165) is 75.5 Å². The SMILES string of the molecule is CC1(C)c2ccccc2-c2cc3c4ccccc4n(-c4cccc(-c5cccc6c5-c5ccccc5S65(=O)c6ccccc6-c6c(-c7cccc(-n8c9ccccc9c9cc%10c(cc98)C(C)(C)c8ccccc8-%10)c7)cccc65)c4)c3cc21. The fourth-order valence-corrected chi connectivity index (χ4v) is 21.2. The van der Waals surface area contributed by atoms with Crippen molar-refractivity contribution in [3.8, 4) is 78.1 Å². The molecule has 0 atom stereocenters. The third-order valence-corrected chi connectivity index (χ3v) is 24.4. The molecule has 3 nitrogen and oxygen atoms in total. The molecule has 0 fully saturated rings. The van der Waals surface area contributed by atoms with E-state index < -0.39 is 9.07 Å². The average molecular weight is 1070 g/mol. The van der Waals surface area contributed by atoms with Gasteiger partial charge in [0.25, 0.3) is 0 Å². The molecule has 0 saturated heterocycles. The van der Waals surface area contributed by atoms with Gasteiger partial charge < -0.3 is 9.13 Å². The predicted octanol–water partition coefficient (Wildman–Crippen LogP) is 20.1. The van der Waals surface area contributed by atoms with Gasteiger partial charge in [-0.3, -0.25) is 4.21 Å². The van der Waals surface area contributed by atoms with Crippen molar-refractivity contribution in [2.75, 3.05) is 0 Å². The standard InChI is InChI=1S/C78H54N2OS/c1-77(2)63-33-11-5-25-53(63)59-43-61-55-27-7-13-35-67(55)79(69(61)45-65(59)77)49-23-17-21-47(41-49)51-31-19-39-73-75(51)57-29-9-15-37-71(57)82(73,81)72-38-16-10-30-58(72)76-52(32-20-40-74(76)82)48-22-18-24-50(42-48)80-68-36-14-8-28-56(68)62-44-60-54-26-6-12-34-64(54)78(3,4)66(60)46-70(62)80/h5-46H,1-4H3. The van der Waals surface area contributed by atoms with Crippen LogP contribution in [0.25, 0.3) is 122 Å². The second-order valence-electron chi connectivity index (χ2n) is 24.3. The summed E-state index contributed by atoms with van der Waals surface area (Å²) in [5.74, 6) is 0. The molecule has 0 saturated carbocycles. The summed E-state index contributed by atoms with van der Waals surface area (Å²) >= 11 is 0. The van der Waals surface area contributed by atoms with E-state index in [1.54, 1.807) is 0 Å². The Hall–Kier alpha value is -9.61. The number of hydrogen-bond donors (Lipinski definition) is 0. The first-order valence-corrected chi connectivity index (χ1v) is 30.7. The van der Waals surface area contributed by atoms with Gasteiger partial charge in [0, 0.05) is 83.5 Å². The zero-order valence-corrected chi connectivity index (χ0v) is 46.8. The molecule has 82 heavy (non-hydrogen) atoms. The Morgan fingerprint density at radius 3 is 1.11 bits per heavy atom. The number of rotatable bonds is 4. The Balaban J connectivity index is 0.823. The first-order valence-electron chi connectivity index (χ1n) is 28.7. The van der Waals surface area contributed by atoms with Crippen LogP contribution in [0.5, 0.6) is 0 Å². The minimum Gasteiger partial charge on any atom is -0.309 e. The Kier molecular flexibility index (Phi) is 8.81. The molecule has 0 radical (unpaired) electrons. The monoisotopic (exact) mass is 1070 g/mol. The van der Waals surface area contributed by atoms with Crippen LogP contribution in [-0.2, 0) is 19.9 Å². The van der Waals surface area contributed by atoms with Crippen LogP contribution in [-0.4, -0.2) is 13.3 Å². The molecule has 4 heterocycles. The molecule has 4 heteroatoms. The number of para-hydroxylation sites is 2. The van der Waals surface area contributed by atoms with E-state index in [4.69, 9.17) is 0 Å². The second-order valence-corrected chi connectivity index (χ2v) is 27.9. The second kappa shape index (κ2) is 15.6. The molecule has 2 aromatic heterocycles. The molecular weight excluding hydrogens is 1010 g/mol. The van der Waals surface area contributed by atoms with Crippen molar-refractivity contribution in [3.63, 3.8) is 0 Å². The number of fused-ring (bicyclic) bond motifs is 22. The van der Waals surface area contributed by atoms with E-state index in [-0.39, 0.29) is 10.8 Å². The topological polar surface area (TPSA) is 26.9 Å². The zero-order chi connectivity index (χ0) is 54.6. The number of benzene rings is 12. The Morgan fingerprint density at radius 2 is 0.646 bits per heavy atom. The van der Waals surface area contributed by atoms with Gasteiger partial charge in [-0.05, 0) is 163 Å². The minimum absolute atomic E-state index is 0.142. The summed E-state index contributed by atoms with van der Waals surface area (Å²) in [6.07, 6.45) is 0. The molecule has 1 spiro atoms. The molecule has 2 aliphatic heterocycles. The van der Waals surface area contributed by atoms with Crippen molar-refractivity contribution < 1.29 is 4.21 Å². The third-order valence-electron chi connectivity index (χ3n) is 19.6. The van der Waals surface area contributed by atoms with Crippen molar-refractivity contribution in [2.24, 2.45) is 0 Å². The van der Waals surface area contributed by atoms with Gasteiger partial charge in [-0.2, -0.15) is 0 Å². The zero-order valence-electron chi connectivity index (χ0n) is 46.0. The largest absolute Gasteiger partial charge is 0.309 e. The van der Waals surface area contributed by atoms with Gasteiger partial charge in [0.1, 0.15) is 0 Å². The van der Waals surface area contributed by atoms with Crippen molar-refractivity contribution in [3.05, 3.63) is 277 Å². The summed E-state index contributed by atoms with van der Waals surface area (Å²) in [6, 6.07) is 93.6. The van der Waals surface area contributed by atoms with Gasteiger partial charge in [0.15, 0.2) is 0 Å². The lowest BCUT2D eigenvalue weighted by Crippen LogP contribution is -2.30.